The van der Waals surface area contributed by atoms with Crippen molar-refractivity contribution in [2.24, 2.45) is 5.92 Å². The van der Waals surface area contributed by atoms with E-state index in [1.165, 1.54) is 23.8 Å². The molecule has 11 heteroatoms. The lowest BCUT2D eigenvalue weighted by atomic mass is 9.96. The Bertz CT molecular complexity index is 1670. The Morgan fingerprint density at radius 1 is 1.05 bits per heavy atom. The summed E-state index contributed by atoms with van der Waals surface area (Å²) >= 11 is 0. The van der Waals surface area contributed by atoms with E-state index in [4.69, 9.17) is 9.47 Å². The highest BCUT2D eigenvalue weighted by molar-refractivity contribution is 6.01. The van der Waals surface area contributed by atoms with Gasteiger partial charge < -0.3 is 29.4 Å². The summed E-state index contributed by atoms with van der Waals surface area (Å²) in [6, 6.07) is 17.4. The first-order chi connectivity index (χ1) is 21.3. The summed E-state index contributed by atoms with van der Waals surface area (Å²) in [6.07, 6.45) is 2.86. The van der Waals surface area contributed by atoms with Crippen LogP contribution in [-0.4, -0.2) is 64.9 Å². The second kappa shape index (κ2) is 14.1. The number of likely N-dealkylation sites (tertiary alicyclic amines) is 1. The molecule has 10 nitrogen and oxygen atoms in total. The molecule has 2 aromatic heterocycles. The molecular weight excluding hydrogens is 567 g/mol. The number of carbonyl (C=O) groups excluding carboxylic acids is 2. The third-order valence-corrected chi connectivity index (χ3v) is 7.79. The Morgan fingerprint density at radius 2 is 1.77 bits per heavy atom. The van der Waals surface area contributed by atoms with E-state index in [1.54, 1.807) is 29.3 Å². The maximum Gasteiger partial charge on any atom is 0.410 e. The molecule has 44 heavy (non-hydrogen) atoms. The molecule has 2 aromatic carbocycles. The number of halogens is 1. The second-order valence-electron chi connectivity index (χ2n) is 10.9. The van der Waals surface area contributed by atoms with Crippen molar-refractivity contribution in [2.75, 3.05) is 33.4 Å². The van der Waals surface area contributed by atoms with Crippen LogP contribution in [0.3, 0.4) is 0 Å². The fourth-order valence-electron chi connectivity index (χ4n) is 5.39. The third-order valence-electron chi connectivity index (χ3n) is 7.79. The van der Waals surface area contributed by atoms with Crippen LogP contribution in [0.25, 0.3) is 11.0 Å². The molecule has 0 spiro atoms. The van der Waals surface area contributed by atoms with Crippen LogP contribution in [0.4, 0.5) is 9.18 Å². The van der Waals surface area contributed by atoms with Gasteiger partial charge in [0.2, 0.25) is 0 Å². The van der Waals surface area contributed by atoms with Gasteiger partial charge in [0.05, 0.1) is 12.1 Å². The molecule has 0 bridgehead atoms. The average molecular weight is 603 g/mol. The lowest BCUT2D eigenvalue weighted by molar-refractivity contribution is 0.0805. The molecule has 1 saturated heterocycles. The molecule has 0 atom stereocenters. The number of pyridine rings is 2. The van der Waals surface area contributed by atoms with E-state index >= 15 is 0 Å². The molecule has 0 radical (unpaired) electrons. The Hall–Kier alpha value is -4.77. The highest BCUT2D eigenvalue weighted by atomic mass is 19.1. The Kier molecular flexibility index (Phi) is 9.86. The fourth-order valence-corrected chi connectivity index (χ4v) is 5.39. The number of ether oxygens (including phenoxy) is 2. The average Bonchev–Trinajstić information content (AvgIpc) is 3.04. The van der Waals surface area contributed by atoms with E-state index in [1.807, 2.05) is 30.3 Å². The van der Waals surface area contributed by atoms with E-state index in [-0.39, 0.29) is 55.2 Å². The molecule has 0 saturated carbocycles. The van der Waals surface area contributed by atoms with Crippen LogP contribution in [-0.2, 0) is 29.0 Å². The Morgan fingerprint density at radius 3 is 2.48 bits per heavy atom. The number of piperidine rings is 1. The van der Waals surface area contributed by atoms with Gasteiger partial charge in [-0.25, -0.2) is 9.18 Å². The quantitative estimate of drug-likeness (QED) is 0.260. The van der Waals surface area contributed by atoms with Crippen LogP contribution in [0.1, 0.15) is 39.9 Å². The predicted molar refractivity (Wildman–Crippen MR) is 162 cm³/mol. The summed E-state index contributed by atoms with van der Waals surface area (Å²) in [5, 5.41) is 13.7. The van der Waals surface area contributed by atoms with Crippen molar-refractivity contribution in [3.63, 3.8) is 0 Å². The number of carbonyl (C=O) groups is 2. The van der Waals surface area contributed by atoms with Crippen molar-refractivity contribution >= 4 is 23.0 Å². The predicted octanol–water partition coefficient (Wildman–Crippen LogP) is 4.26. The zero-order chi connectivity index (χ0) is 31.1. The van der Waals surface area contributed by atoms with E-state index in [2.05, 4.69) is 10.3 Å². The SMILES string of the molecule is COCCNC(=O)c1c(O)c2ncc(Cc3ccc(F)cc3)cc2n(CC2CCN(C(=O)OCc3ccccc3)CC2)c1=O. The number of benzene rings is 2. The van der Waals surface area contributed by atoms with Crippen LogP contribution in [0, 0.1) is 11.7 Å². The van der Waals surface area contributed by atoms with Crippen molar-refractivity contribution in [3.8, 4) is 5.75 Å². The van der Waals surface area contributed by atoms with Crippen molar-refractivity contribution in [1.82, 2.24) is 19.8 Å². The van der Waals surface area contributed by atoms with Crippen LogP contribution >= 0.6 is 0 Å². The molecule has 1 fully saturated rings. The van der Waals surface area contributed by atoms with Gasteiger partial charge in [0.25, 0.3) is 11.5 Å². The number of hydrogen-bond donors (Lipinski definition) is 2. The molecule has 5 rings (SSSR count). The molecule has 0 aliphatic carbocycles. The Labute approximate surface area is 254 Å². The standard InChI is InChI=1S/C33H35FN4O6/c1-43-16-13-35-31(40)28-30(39)29-27(18-25(19-36-29)17-22-7-9-26(34)10-8-22)38(32(28)41)20-23-11-14-37(15-12-23)33(42)44-21-24-5-3-2-4-6-24/h2-10,18-19,23,39H,11-17,20-21H2,1H3,(H,35,40). The first-order valence-electron chi connectivity index (χ1n) is 14.6. The summed E-state index contributed by atoms with van der Waals surface area (Å²) < 4.78 is 25.4. The number of rotatable bonds is 10. The van der Waals surface area contributed by atoms with Gasteiger partial charge in [-0.05, 0) is 60.1 Å². The number of fused-ring (bicyclic) bond motifs is 1. The van der Waals surface area contributed by atoms with Gasteiger partial charge in [-0.3, -0.25) is 14.6 Å². The minimum absolute atomic E-state index is 0.0174. The second-order valence-corrected chi connectivity index (χ2v) is 10.9. The van der Waals surface area contributed by atoms with Gasteiger partial charge in [-0.15, -0.1) is 0 Å². The summed E-state index contributed by atoms with van der Waals surface area (Å²) in [5.74, 6) is -1.52. The minimum atomic E-state index is -0.714. The van der Waals surface area contributed by atoms with E-state index < -0.39 is 17.2 Å². The normalized spacial score (nSPS) is 13.6. The largest absolute Gasteiger partial charge is 0.505 e. The van der Waals surface area contributed by atoms with Crippen LogP contribution < -0.4 is 10.9 Å². The number of aromatic nitrogens is 2. The van der Waals surface area contributed by atoms with Crippen LogP contribution in [0.5, 0.6) is 5.75 Å². The van der Waals surface area contributed by atoms with Gasteiger partial charge in [0, 0.05) is 39.5 Å². The lowest BCUT2D eigenvalue weighted by Crippen LogP contribution is -2.41. The van der Waals surface area contributed by atoms with Gasteiger partial charge in [-0.2, -0.15) is 0 Å². The topological polar surface area (TPSA) is 123 Å². The molecule has 1 aliphatic rings. The van der Waals surface area contributed by atoms with Crippen molar-refractivity contribution in [2.45, 2.75) is 32.4 Å². The monoisotopic (exact) mass is 602 g/mol. The number of aromatic hydroxyl groups is 1. The maximum atomic E-state index is 13.8. The van der Waals surface area contributed by atoms with Gasteiger partial charge >= 0.3 is 6.09 Å². The maximum absolute atomic E-state index is 13.8. The van der Waals surface area contributed by atoms with Crippen molar-refractivity contribution < 1.29 is 28.6 Å². The van der Waals surface area contributed by atoms with E-state index in [0.717, 1.165) is 16.7 Å². The van der Waals surface area contributed by atoms with E-state index in [0.29, 0.717) is 37.9 Å². The third kappa shape index (κ3) is 7.23. The van der Waals surface area contributed by atoms with Crippen molar-refractivity contribution in [3.05, 3.63) is 105 Å². The van der Waals surface area contributed by atoms with Crippen LogP contribution in [0.15, 0.2) is 71.7 Å². The number of nitrogens with one attached hydrogen (secondary N) is 1. The first-order valence-corrected chi connectivity index (χ1v) is 14.6. The summed E-state index contributed by atoms with van der Waals surface area (Å²) in [4.78, 5) is 45.6. The number of amides is 2. The summed E-state index contributed by atoms with van der Waals surface area (Å²) in [5.41, 5.74) is 2.03. The fraction of sp³-hybridized carbons (Fsp3) is 0.333. The number of methoxy groups -OCH3 is 1. The van der Waals surface area contributed by atoms with Gasteiger partial charge in [0.1, 0.15) is 23.5 Å². The molecule has 2 N–H and O–H groups in total. The lowest BCUT2D eigenvalue weighted by Gasteiger charge is -2.32. The Balaban J connectivity index is 1.38. The molecule has 230 valence electrons. The minimum Gasteiger partial charge on any atom is -0.505 e. The number of hydrogen-bond acceptors (Lipinski definition) is 7. The van der Waals surface area contributed by atoms with Crippen molar-refractivity contribution in [1.29, 1.82) is 0 Å². The highest BCUT2D eigenvalue weighted by Gasteiger charge is 2.28. The molecule has 1 aliphatic heterocycles. The van der Waals surface area contributed by atoms with Crippen LogP contribution in [0.2, 0.25) is 0 Å². The van der Waals surface area contributed by atoms with Gasteiger partial charge in [0.15, 0.2) is 5.75 Å². The first kappa shape index (κ1) is 30.7. The molecule has 4 aromatic rings. The van der Waals surface area contributed by atoms with Gasteiger partial charge in [-0.1, -0.05) is 42.5 Å². The summed E-state index contributed by atoms with van der Waals surface area (Å²) in [6.45, 7) is 1.78. The molecule has 2 amide bonds. The summed E-state index contributed by atoms with van der Waals surface area (Å²) in [7, 11) is 1.49. The molecule has 0 unspecified atom stereocenters. The van der Waals surface area contributed by atoms with E-state index in [9.17, 15) is 23.9 Å². The molecule has 3 heterocycles. The molecular formula is C33H35FN4O6. The smallest absolute Gasteiger partial charge is 0.410 e. The zero-order valence-electron chi connectivity index (χ0n) is 24.5. The zero-order valence-corrected chi connectivity index (χ0v) is 24.5. The number of nitrogens with zero attached hydrogens (tertiary/aromatic N) is 3. The highest BCUT2D eigenvalue weighted by Crippen LogP contribution is 2.28.